The summed E-state index contributed by atoms with van der Waals surface area (Å²) in [5, 5.41) is 4.37. The van der Waals surface area contributed by atoms with Crippen molar-refractivity contribution in [3.05, 3.63) is 42.5 Å². The molecule has 5 nitrogen and oxygen atoms in total. The largest absolute Gasteiger partial charge is 0.369 e. The van der Waals surface area contributed by atoms with Gasteiger partial charge >= 0.3 is 0 Å². The number of pyridine rings is 2. The van der Waals surface area contributed by atoms with Crippen LogP contribution in [-0.4, -0.2) is 26.5 Å². The molecule has 0 aliphatic rings. The zero-order valence-electron chi connectivity index (χ0n) is 12.2. The van der Waals surface area contributed by atoms with E-state index in [0.29, 0.717) is 5.82 Å². The second-order valence-corrected chi connectivity index (χ2v) is 4.91. The smallest absolute Gasteiger partial charge is 0.162 e. The van der Waals surface area contributed by atoms with E-state index in [1.807, 2.05) is 25.3 Å². The van der Waals surface area contributed by atoms with Gasteiger partial charge in [0.2, 0.25) is 0 Å². The Morgan fingerprint density at radius 1 is 1.05 bits per heavy atom. The van der Waals surface area contributed by atoms with Gasteiger partial charge in [-0.15, -0.1) is 0 Å². The lowest BCUT2D eigenvalue weighted by Crippen LogP contribution is -2.05. The lowest BCUT2D eigenvalue weighted by molar-refractivity contribution is 0.970. The van der Waals surface area contributed by atoms with Crippen LogP contribution in [0.25, 0.3) is 22.3 Å². The monoisotopic (exact) mass is 279 g/mol. The van der Waals surface area contributed by atoms with Crippen molar-refractivity contribution in [1.82, 2.24) is 19.9 Å². The number of anilines is 1. The summed E-state index contributed by atoms with van der Waals surface area (Å²) in [7, 11) is 0. The van der Waals surface area contributed by atoms with Crippen LogP contribution in [0.3, 0.4) is 0 Å². The molecule has 106 valence electrons. The Labute approximate surface area is 123 Å². The van der Waals surface area contributed by atoms with E-state index in [-0.39, 0.29) is 0 Å². The molecule has 0 unspecified atom stereocenters. The minimum atomic E-state index is 0.703. The Kier molecular flexibility index (Phi) is 3.73. The molecule has 0 saturated carbocycles. The number of aromatic nitrogens is 4. The molecule has 0 atom stereocenters. The lowest BCUT2D eigenvalue weighted by atomic mass is 10.1. The van der Waals surface area contributed by atoms with Gasteiger partial charge < -0.3 is 5.32 Å². The Morgan fingerprint density at radius 2 is 1.86 bits per heavy atom. The van der Waals surface area contributed by atoms with Crippen molar-refractivity contribution in [1.29, 1.82) is 0 Å². The number of nitrogens with one attached hydrogen (secondary N) is 1. The molecule has 0 aliphatic heterocycles. The summed E-state index contributed by atoms with van der Waals surface area (Å²) in [6.07, 6.45) is 8.16. The van der Waals surface area contributed by atoms with Crippen molar-refractivity contribution in [2.24, 2.45) is 0 Å². The third-order valence-corrected chi connectivity index (χ3v) is 3.30. The lowest BCUT2D eigenvalue weighted by Gasteiger charge is -2.11. The zero-order chi connectivity index (χ0) is 14.7. The van der Waals surface area contributed by atoms with Gasteiger partial charge in [-0.25, -0.2) is 9.97 Å². The number of fused-ring (bicyclic) bond motifs is 1. The van der Waals surface area contributed by atoms with Gasteiger partial charge in [0.05, 0.1) is 11.7 Å². The fourth-order valence-electron chi connectivity index (χ4n) is 2.20. The molecular formula is C16H17N5. The molecule has 3 heterocycles. The first-order valence-electron chi connectivity index (χ1n) is 7.06. The van der Waals surface area contributed by atoms with Crippen LogP contribution in [0.2, 0.25) is 0 Å². The summed E-state index contributed by atoms with van der Waals surface area (Å²) in [6, 6.07) is 3.88. The van der Waals surface area contributed by atoms with Crippen LogP contribution in [0.4, 0.5) is 5.82 Å². The molecule has 21 heavy (non-hydrogen) atoms. The van der Waals surface area contributed by atoms with E-state index in [9.17, 15) is 0 Å². The molecule has 0 amide bonds. The molecule has 3 aromatic heterocycles. The van der Waals surface area contributed by atoms with Crippen molar-refractivity contribution >= 4 is 16.7 Å². The van der Waals surface area contributed by atoms with Gasteiger partial charge in [-0.05, 0) is 31.0 Å². The van der Waals surface area contributed by atoms with Crippen LogP contribution < -0.4 is 5.32 Å². The van der Waals surface area contributed by atoms with Gasteiger partial charge in [0.1, 0.15) is 5.82 Å². The molecule has 0 spiro atoms. The highest BCUT2D eigenvalue weighted by molar-refractivity contribution is 5.90. The number of aryl methyl sites for hydroxylation is 1. The van der Waals surface area contributed by atoms with Crippen LogP contribution >= 0.6 is 0 Å². The summed E-state index contributed by atoms with van der Waals surface area (Å²) >= 11 is 0. The first-order chi connectivity index (χ1) is 10.3. The maximum Gasteiger partial charge on any atom is 0.162 e. The quantitative estimate of drug-likeness (QED) is 0.794. The molecule has 0 aliphatic carbocycles. The molecule has 5 heteroatoms. The van der Waals surface area contributed by atoms with Crippen LogP contribution in [-0.2, 0) is 0 Å². The van der Waals surface area contributed by atoms with Crippen LogP contribution in [0, 0.1) is 6.92 Å². The van der Waals surface area contributed by atoms with E-state index in [1.54, 1.807) is 18.6 Å². The molecule has 0 radical (unpaired) electrons. The molecule has 0 aromatic carbocycles. The third-order valence-electron chi connectivity index (χ3n) is 3.30. The van der Waals surface area contributed by atoms with Gasteiger partial charge in [-0.1, -0.05) is 6.92 Å². The van der Waals surface area contributed by atoms with E-state index in [2.05, 4.69) is 27.2 Å². The van der Waals surface area contributed by atoms with Crippen LogP contribution in [0.15, 0.2) is 36.9 Å². The zero-order valence-corrected chi connectivity index (χ0v) is 12.2. The van der Waals surface area contributed by atoms with Gasteiger partial charge in [-0.3, -0.25) is 9.97 Å². The van der Waals surface area contributed by atoms with E-state index in [4.69, 9.17) is 4.98 Å². The maximum absolute atomic E-state index is 4.69. The SMILES string of the molecule is CCCNc1nc(-c2ccncc2C)nc2cnccc12. The molecule has 0 fully saturated rings. The first-order valence-corrected chi connectivity index (χ1v) is 7.06. The van der Waals surface area contributed by atoms with E-state index in [1.165, 1.54) is 0 Å². The normalized spacial score (nSPS) is 10.8. The molecule has 3 rings (SSSR count). The highest BCUT2D eigenvalue weighted by Gasteiger charge is 2.10. The summed E-state index contributed by atoms with van der Waals surface area (Å²) in [5.74, 6) is 1.56. The van der Waals surface area contributed by atoms with Gasteiger partial charge in [0.15, 0.2) is 5.82 Å². The average molecular weight is 279 g/mol. The van der Waals surface area contributed by atoms with Gasteiger partial charge in [0, 0.05) is 36.1 Å². The predicted octanol–water partition coefficient (Wildman–Crippen LogP) is 3.22. The summed E-state index contributed by atoms with van der Waals surface area (Å²) in [6.45, 7) is 5.02. The van der Waals surface area contributed by atoms with Gasteiger partial charge in [0.25, 0.3) is 0 Å². The van der Waals surface area contributed by atoms with Crippen molar-refractivity contribution in [2.75, 3.05) is 11.9 Å². The summed E-state index contributed by atoms with van der Waals surface area (Å²) in [4.78, 5) is 17.6. The maximum atomic E-state index is 4.69. The van der Waals surface area contributed by atoms with Crippen molar-refractivity contribution in [3.63, 3.8) is 0 Å². The fourth-order valence-corrected chi connectivity index (χ4v) is 2.20. The number of nitrogens with zero attached hydrogens (tertiary/aromatic N) is 4. The van der Waals surface area contributed by atoms with Crippen molar-refractivity contribution < 1.29 is 0 Å². The highest BCUT2D eigenvalue weighted by atomic mass is 15.0. The van der Waals surface area contributed by atoms with E-state index in [0.717, 1.165) is 40.8 Å². The topological polar surface area (TPSA) is 63.6 Å². The highest BCUT2D eigenvalue weighted by Crippen LogP contribution is 2.25. The van der Waals surface area contributed by atoms with E-state index >= 15 is 0 Å². The summed E-state index contributed by atoms with van der Waals surface area (Å²) in [5.41, 5.74) is 2.90. The second-order valence-electron chi connectivity index (χ2n) is 4.91. The van der Waals surface area contributed by atoms with Crippen LogP contribution in [0.5, 0.6) is 0 Å². The van der Waals surface area contributed by atoms with E-state index < -0.39 is 0 Å². The molecule has 1 N–H and O–H groups in total. The molecule has 3 aromatic rings. The summed E-state index contributed by atoms with van der Waals surface area (Å²) < 4.78 is 0. The average Bonchev–Trinajstić information content (AvgIpc) is 2.53. The number of rotatable bonds is 4. The number of hydrogen-bond acceptors (Lipinski definition) is 5. The Morgan fingerprint density at radius 3 is 2.67 bits per heavy atom. The third kappa shape index (κ3) is 2.67. The first kappa shape index (κ1) is 13.4. The van der Waals surface area contributed by atoms with Gasteiger partial charge in [-0.2, -0.15) is 0 Å². The minimum Gasteiger partial charge on any atom is -0.369 e. The predicted molar refractivity (Wildman–Crippen MR) is 84.1 cm³/mol. The Bertz CT molecular complexity index is 769. The van der Waals surface area contributed by atoms with Crippen LogP contribution in [0.1, 0.15) is 18.9 Å². The Hall–Kier alpha value is -2.56. The molecule has 0 bridgehead atoms. The number of hydrogen-bond donors (Lipinski definition) is 1. The molecule has 0 saturated heterocycles. The molecular weight excluding hydrogens is 262 g/mol. The fraction of sp³-hybridized carbons (Fsp3) is 0.250. The minimum absolute atomic E-state index is 0.703. The second kappa shape index (κ2) is 5.83. The Balaban J connectivity index is 2.18. The van der Waals surface area contributed by atoms with Crippen molar-refractivity contribution in [3.8, 4) is 11.4 Å². The standard InChI is InChI=1S/C16H17N5/c1-3-6-19-15-13-5-8-18-10-14(13)20-16(21-15)12-4-7-17-9-11(12)2/h4-5,7-10H,3,6H2,1-2H3,(H,19,20,21). The van der Waals surface area contributed by atoms with Crippen molar-refractivity contribution in [2.45, 2.75) is 20.3 Å².